The number of ether oxygens (including phenoxy) is 1. The molecule has 0 radical (unpaired) electrons. The van der Waals surface area contributed by atoms with Gasteiger partial charge in [0.1, 0.15) is 6.33 Å². The molecule has 1 N–H and O–H groups in total. The van der Waals surface area contributed by atoms with Crippen LogP contribution >= 0.6 is 0 Å². The maximum absolute atomic E-state index is 5.46. The molecule has 0 amide bonds. The molecule has 4 heteroatoms. The fourth-order valence-electron chi connectivity index (χ4n) is 1.67. The Morgan fingerprint density at radius 2 is 2.29 bits per heavy atom. The normalized spacial score (nSPS) is 26.6. The van der Waals surface area contributed by atoms with E-state index in [-0.39, 0.29) is 0 Å². The summed E-state index contributed by atoms with van der Waals surface area (Å²) < 4.78 is 5.46. The second kappa shape index (κ2) is 4.48. The molecule has 1 saturated heterocycles. The van der Waals surface area contributed by atoms with Crippen molar-refractivity contribution in [1.82, 2.24) is 15.3 Å². The second-order valence-electron chi connectivity index (χ2n) is 3.60. The molecule has 1 aliphatic rings. The summed E-state index contributed by atoms with van der Waals surface area (Å²) in [6, 6.07) is 0.468. The first-order valence-corrected chi connectivity index (χ1v) is 4.95. The molecule has 1 fully saturated rings. The smallest absolute Gasteiger partial charge is 0.115 e. The van der Waals surface area contributed by atoms with E-state index in [4.69, 9.17) is 4.74 Å². The lowest BCUT2D eigenvalue weighted by Gasteiger charge is -2.15. The molecule has 2 unspecified atom stereocenters. The van der Waals surface area contributed by atoms with Gasteiger partial charge in [-0.3, -0.25) is 0 Å². The summed E-state index contributed by atoms with van der Waals surface area (Å²) in [6.07, 6.45) is 6.63. The zero-order chi connectivity index (χ0) is 9.80. The molecule has 1 aromatic heterocycles. The first-order chi connectivity index (χ1) is 6.86. The van der Waals surface area contributed by atoms with Crippen LogP contribution < -0.4 is 5.32 Å². The van der Waals surface area contributed by atoms with Gasteiger partial charge in [0.25, 0.3) is 0 Å². The van der Waals surface area contributed by atoms with Crippen LogP contribution in [0.3, 0.4) is 0 Å². The number of hydrogen-bond donors (Lipinski definition) is 1. The predicted molar refractivity (Wildman–Crippen MR) is 52.7 cm³/mol. The molecule has 76 valence electrons. The summed E-state index contributed by atoms with van der Waals surface area (Å²) in [7, 11) is 0. The monoisotopic (exact) mass is 193 g/mol. The highest BCUT2D eigenvalue weighted by molar-refractivity contribution is 5.02. The molecular formula is C10H15N3O. The minimum absolute atomic E-state index is 0.319. The molecule has 0 bridgehead atoms. The molecule has 0 spiro atoms. The number of hydrogen-bond acceptors (Lipinski definition) is 4. The topological polar surface area (TPSA) is 47.0 Å². The van der Waals surface area contributed by atoms with E-state index >= 15 is 0 Å². The average Bonchev–Trinajstić information content (AvgIpc) is 2.63. The highest BCUT2D eigenvalue weighted by Gasteiger charge is 2.23. The number of nitrogens with zero attached hydrogens (tertiary/aromatic N) is 2. The quantitative estimate of drug-likeness (QED) is 0.769. The van der Waals surface area contributed by atoms with Crippen LogP contribution in [0.2, 0.25) is 0 Å². The molecule has 14 heavy (non-hydrogen) atoms. The van der Waals surface area contributed by atoms with E-state index in [1.54, 1.807) is 6.33 Å². The minimum Gasteiger partial charge on any atom is -0.377 e. The lowest BCUT2D eigenvalue weighted by molar-refractivity contribution is 0.113. The fraction of sp³-hybridized carbons (Fsp3) is 0.600. The molecule has 1 aliphatic heterocycles. The van der Waals surface area contributed by atoms with E-state index in [2.05, 4.69) is 22.2 Å². The predicted octanol–water partition coefficient (Wildman–Crippen LogP) is 0.744. The Balaban J connectivity index is 1.82. The van der Waals surface area contributed by atoms with Crippen LogP contribution in [0.1, 0.15) is 18.9 Å². The van der Waals surface area contributed by atoms with Crippen molar-refractivity contribution in [2.75, 3.05) is 6.61 Å². The van der Waals surface area contributed by atoms with Gasteiger partial charge in [-0.25, -0.2) is 9.97 Å². The molecule has 4 nitrogen and oxygen atoms in total. The Morgan fingerprint density at radius 1 is 1.50 bits per heavy atom. The van der Waals surface area contributed by atoms with Gasteiger partial charge in [-0.15, -0.1) is 0 Å². The van der Waals surface area contributed by atoms with Crippen LogP contribution in [0.25, 0.3) is 0 Å². The molecule has 1 aromatic rings. The lowest BCUT2D eigenvalue weighted by Crippen LogP contribution is -2.34. The molecule has 0 aromatic carbocycles. The summed E-state index contributed by atoms with van der Waals surface area (Å²) in [5.74, 6) is 0. The summed E-state index contributed by atoms with van der Waals surface area (Å²) in [6.45, 7) is 3.79. The molecule has 2 atom stereocenters. The second-order valence-corrected chi connectivity index (χ2v) is 3.60. The summed E-state index contributed by atoms with van der Waals surface area (Å²) in [5, 5.41) is 3.44. The third-order valence-electron chi connectivity index (χ3n) is 2.56. The van der Waals surface area contributed by atoms with Crippen molar-refractivity contribution < 1.29 is 4.74 Å². The molecule has 2 rings (SSSR count). The lowest BCUT2D eigenvalue weighted by atomic mass is 10.1. The van der Waals surface area contributed by atoms with Gasteiger partial charge in [0.2, 0.25) is 0 Å². The Labute approximate surface area is 83.7 Å². The highest BCUT2D eigenvalue weighted by Crippen LogP contribution is 2.12. The number of nitrogens with one attached hydrogen (secondary N) is 1. The van der Waals surface area contributed by atoms with Gasteiger partial charge in [-0.05, 0) is 13.3 Å². The SMILES string of the molecule is CC1OCCC1NCc1cncnc1. The largest absolute Gasteiger partial charge is 0.377 e. The van der Waals surface area contributed by atoms with Crippen molar-refractivity contribution >= 4 is 0 Å². The van der Waals surface area contributed by atoms with Gasteiger partial charge in [0.05, 0.1) is 6.10 Å². The first kappa shape index (κ1) is 9.55. The van der Waals surface area contributed by atoms with Gasteiger partial charge >= 0.3 is 0 Å². The maximum Gasteiger partial charge on any atom is 0.115 e. The van der Waals surface area contributed by atoms with Crippen molar-refractivity contribution in [3.63, 3.8) is 0 Å². The van der Waals surface area contributed by atoms with E-state index in [0.29, 0.717) is 12.1 Å². The van der Waals surface area contributed by atoms with Crippen molar-refractivity contribution in [1.29, 1.82) is 0 Å². The average molecular weight is 193 g/mol. The van der Waals surface area contributed by atoms with E-state index in [9.17, 15) is 0 Å². The molecule has 0 aliphatic carbocycles. The van der Waals surface area contributed by atoms with Gasteiger partial charge in [-0.1, -0.05) is 0 Å². The van der Waals surface area contributed by atoms with E-state index in [1.807, 2.05) is 12.4 Å². The van der Waals surface area contributed by atoms with Crippen molar-refractivity contribution in [3.05, 3.63) is 24.3 Å². The third-order valence-corrected chi connectivity index (χ3v) is 2.56. The number of rotatable bonds is 3. The maximum atomic E-state index is 5.46. The van der Waals surface area contributed by atoms with Crippen LogP contribution in [-0.2, 0) is 11.3 Å². The molecule has 2 heterocycles. The Morgan fingerprint density at radius 3 is 2.93 bits per heavy atom. The van der Waals surface area contributed by atoms with Crippen LogP contribution in [0.5, 0.6) is 0 Å². The Hall–Kier alpha value is -1.00. The van der Waals surface area contributed by atoms with Crippen LogP contribution in [0.15, 0.2) is 18.7 Å². The molecular weight excluding hydrogens is 178 g/mol. The van der Waals surface area contributed by atoms with E-state index in [0.717, 1.165) is 25.1 Å². The van der Waals surface area contributed by atoms with Crippen LogP contribution in [-0.4, -0.2) is 28.7 Å². The van der Waals surface area contributed by atoms with Gasteiger partial charge in [0.15, 0.2) is 0 Å². The van der Waals surface area contributed by atoms with Crippen molar-refractivity contribution in [2.24, 2.45) is 0 Å². The zero-order valence-electron chi connectivity index (χ0n) is 8.31. The van der Waals surface area contributed by atoms with Gasteiger partial charge in [-0.2, -0.15) is 0 Å². The van der Waals surface area contributed by atoms with Gasteiger partial charge < -0.3 is 10.1 Å². The Kier molecular flexibility index (Phi) is 3.06. The first-order valence-electron chi connectivity index (χ1n) is 4.95. The fourth-order valence-corrected chi connectivity index (χ4v) is 1.67. The standard InChI is InChI=1S/C10H15N3O/c1-8-10(2-3-14-8)13-6-9-4-11-7-12-5-9/h4-5,7-8,10,13H,2-3,6H2,1H3. The Bertz CT molecular complexity index is 278. The van der Waals surface area contributed by atoms with Gasteiger partial charge in [0, 0.05) is 37.2 Å². The van der Waals surface area contributed by atoms with Crippen molar-refractivity contribution in [3.8, 4) is 0 Å². The zero-order valence-corrected chi connectivity index (χ0v) is 8.31. The number of aromatic nitrogens is 2. The van der Waals surface area contributed by atoms with E-state index < -0.39 is 0 Å². The molecule has 0 saturated carbocycles. The summed E-state index contributed by atoms with van der Waals surface area (Å²) in [5.41, 5.74) is 1.12. The summed E-state index contributed by atoms with van der Waals surface area (Å²) in [4.78, 5) is 7.93. The van der Waals surface area contributed by atoms with Crippen molar-refractivity contribution in [2.45, 2.75) is 32.0 Å². The minimum atomic E-state index is 0.319. The van der Waals surface area contributed by atoms with E-state index in [1.165, 1.54) is 0 Å². The van der Waals surface area contributed by atoms with Crippen LogP contribution in [0, 0.1) is 0 Å². The third kappa shape index (κ3) is 2.27. The highest BCUT2D eigenvalue weighted by atomic mass is 16.5. The van der Waals surface area contributed by atoms with Crippen LogP contribution in [0.4, 0.5) is 0 Å². The summed E-state index contributed by atoms with van der Waals surface area (Å²) >= 11 is 0.